The largest absolute Gasteiger partial charge is 0.493 e. The summed E-state index contributed by atoms with van der Waals surface area (Å²) in [7, 11) is 3.16. The van der Waals surface area contributed by atoms with Gasteiger partial charge in [-0.1, -0.05) is 30.2 Å². The highest BCUT2D eigenvalue weighted by molar-refractivity contribution is 6.30. The van der Waals surface area contributed by atoms with Crippen molar-refractivity contribution in [3.8, 4) is 28.6 Å². The number of rotatable bonds is 5. The van der Waals surface area contributed by atoms with Crippen molar-refractivity contribution in [3.05, 3.63) is 64.7 Å². The van der Waals surface area contributed by atoms with Crippen molar-refractivity contribution in [1.82, 2.24) is 15.1 Å². The van der Waals surface area contributed by atoms with Gasteiger partial charge in [0, 0.05) is 28.8 Å². The van der Waals surface area contributed by atoms with Crippen molar-refractivity contribution < 1.29 is 19.0 Å². The van der Waals surface area contributed by atoms with E-state index in [9.17, 15) is 4.79 Å². The monoisotopic (exact) mass is 479 g/mol. The van der Waals surface area contributed by atoms with Gasteiger partial charge in [0.2, 0.25) is 11.8 Å². The molecule has 0 atom stereocenters. The van der Waals surface area contributed by atoms with Gasteiger partial charge in [-0.2, -0.15) is 0 Å². The molecule has 176 valence electrons. The maximum absolute atomic E-state index is 13.9. The third kappa shape index (κ3) is 3.94. The van der Waals surface area contributed by atoms with Crippen molar-refractivity contribution in [2.24, 2.45) is 0 Å². The van der Waals surface area contributed by atoms with E-state index in [2.05, 4.69) is 10.2 Å². The predicted octanol–water partition coefficient (Wildman–Crippen LogP) is 4.66. The summed E-state index contributed by atoms with van der Waals surface area (Å²) in [5, 5.41) is 9.01. The molecule has 1 aliphatic carbocycles. The topological polar surface area (TPSA) is 73.8 Å². The van der Waals surface area contributed by atoms with Crippen molar-refractivity contribution >= 4 is 17.5 Å². The number of fused-ring (bicyclic) bond motifs is 1. The number of aromatic nitrogens is 2. The first kappa shape index (κ1) is 22.5. The molecule has 1 fully saturated rings. The number of carbonyl (C=O) groups excluding carboxylic acids is 1. The molecular formula is C26H26ClN3O4. The van der Waals surface area contributed by atoms with Crippen molar-refractivity contribution in [3.63, 3.8) is 0 Å². The molecule has 1 aromatic heterocycles. The Bertz CT molecular complexity index is 1190. The molecule has 34 heavy (non-hydrogen) atoms. The Labute approximate surface area is 203 Å². The van der Waals surface area contributed by atoms with E-state index < -0.39 is 5.41 Å². The number of carbonyl (C=O) groups is 1. The Kier molecular flexibility index (Phi) is 6.04. The molecular weight excluding hydrogens is 454 g/mol. The number of amides is 1. The van der Waals surface area contributed by atoms with E-state index in [1.165, 1.54) is 0 Å². The van der Waals surface area contributed by atoms with E-state index in [1.807, 2.05) is 47.4 Å². The van der Waals surface area contributed by atoms with Crippen molar-refractivity contribution in [2.45, 2.75) is 31.2 Å². The molecule has 1 aliphatic heterocycles. The maximum Gasteiger partial charge on any atom is 0.233 e. The number of halogens is 1. The van der Waals surface area contributed by atoms with Crippen LogP contribution >= 0.6 is 11.6 Å². The molecule has 0 bridgehead atoms. The lowest BCUT2D eigenvalue weighted by Gasteiger charge is -2.43. The van der Waals surface area contributed by atoms with Gasteiger partial charge in [0.1, 0.15) is 6.61 Å². The van der Waals surface area contributed by atoms with Crippen LogP contribution in [0.25, 0.3) is 11.3 Å². The molecule has 0 spiro atoms. The van der Waals surface area contributed by atoms with Crippen LogP contribution in [0.4, 0.5) is 0 Å². The summed E-state index contributed by atoms with van der Waals surface area (Å²) in [6.07, 6.45) is 2.70. The molecule has 0 unspecified atom stereocenters. The van der Waals surface area contributed by atoms with Gasteiger partial charge in [0.05, 0.1) is 31.9 Å². The maximum atomic E-state index is 13.9. The zero-order valence-corrected chi connectivity index (χ0v) is 20.0. The fourth-order valence-corrected chi connectivity index (χ4v) is 4.89. The van der Waals surface area contributed by atoms with Gasteiger partial charge >= 0.3 is 0 Å². The first-order chi connectivity index (χ1) is 16.5. The van der Waals surface area contributed by atoms with Gasteiger partial charge in [-0.25, -0.2) is 0 Å². The van der Waals surface area contributed by atoms with Crippen molar-refractivity contribution in [2.75, 3.05) is 27.4 Å². The quantitative estimate of drug-likeness (QED) is 0.530. The summed E-state index contributed by atoms with van der Waals surface area (Å²) in [6.45, 7) is 1.33. The van der Waals surface area contributed by atoms with Gasteiger partial charge in [0.25, 0.3) is 0 Å². The molecule has 3 aromatic rings. The number of hydrogen-bond acceptors (Lipinski definition) is 6. The SMILES string of the molecule is COc1ccc(-c2cc3c(c(OC)c2)OCCN(C(=O)C2(c4ccc(Cl)cc4)CCC2)C3)nn1. The Morgan fingerprint density at radius 3 is 2.47 bits per heavy atom. The number of ether oxygens (including phenoxy) is 3. The van der Waals surface area contributed by atoms with E-state index in [1.54, 1.807) is 20.3 Å². The van der Waals surface area contributed by atoms with Crippen LogP contribution < -0.4 is 14.2 Å². The van der Waals surface area contributed by atoms with Gasteiger partial charge in [-0.3, -0.25) is 4.79 Å². The molecule has 0 radical (unpaired) electrons. The van der Waals surface area contributed by atoms with E-state index in [0.29, 0.717) is 47.8 Å². The number of benzene rings is 2. The average molecular weight is 480 g/mol. The Hall–Kier alpha value is -3.32. The van der Waals surface area contributed by atoms with Crippen LogP contribution in [-0.4, -0.2) is 48.4 Å². The van der Waals surface area contributed by atoms with E-state index in [0.717, 1.165) is 36.0 Å². The predicted molar refractivity (Wildman–Crippen MR) is 128 cm³/mol. The normalized spacial score (nSPS) is 16.5. The van der Waals surface area contributed by atoms with Crippen LogP contribution in [-0.2, 0) is 16.8 Å². The van der Waals surface area contributed by atoms with Crippen LogP contribution in [0, 0.1) is 0 Å². The summed E-state index contributed by atoms with van der Waals surface area (Å²) in [5.74, 6) is 1.84. The summed E-state index contributed by atoms with van der Waals surface area (Å²) in [6, 6.07) is 15.2. The molecule has 5 rings (SSSR count). The molecule has 2 aliphatic rings. The third-order valence-corrected chi connectivity index (χ3v) is 7.02. The molecule has 0 saturated heterocycles. The number of hydrogen-bond donors (Lipinski definition) is 0. The minimum atomic E-state index is -0.502. The average Bonchev–Trinajstić information content (AvgIpc) is 3.06. The van der Waals surface area contributed by atoms with Gasteiger partial charge in [-0.15, -0.1) is 10.2 Å². The van der Waals surface area contributed by atoms with Crippen LogP contribution in [0.3, 0.4) is 0 Å². The minimum absolute atomic E-state index is 0.131. The summed E-state index contributed by atoms with van der Waals surface area (Å²) in [4.78, 5) is 15.8. The molecule has 1 saturated carbocycles. The third-order valence-electron chi connectivity index (χ3n) is 6.77. The minimum Gasteiger partial charge on any atom is -0.493 e. The fraction of sp³-hybridized carbons (Fsp3) is 0.346. The highest BCUT2D eigenvalue weighted by atomic mass is 35.5. The summed E-state index contributed by atoms with van der Waals surface area (Å²) < 4.78 is 16.8. The van der Waals surface area contributed by atoms with Crippen LogP contribution in [0.1, 0.15) is 30.4 Å². The summed E-state index contributed by atoms with van der Waals surface area (Å²) in [5.41, 5.74) is 2.92. The zero-order valence-electron chi connectivity index (χ0n) is 19.2. The second kappa shape index (κ2) is 9.14. The molecule has 2 heterocycles. The molecule has 2 aromatic carbocycles. The first-order valence-electron chi connectivity index (χ1n) is 11.3. The lowest BCUT2D eigenvalue weighted by Crippen LogP contribution is -2.51. The Balaban J connectivity index is 1.48. The molecule has 0 N–H and O–H groups in total. The van der Waals surface area contributed by atoms with Crippen molar-refractivity contribution in [1.29, 1.82) is 0 Å². The first-order valence-corrected chi connectivity index (χ1v) is 11.7. The lowest BCUT2D eigenvalue weighted by molar-refractivity contribution is -0.141. The van der Waals surface area contributed by atoms with Gasteiger partial charge < -0.3 is 19.1 Å². The van der Waals surface area contributed by atoms with Crippen LogP contribution in [0.15, 0.2) is 48.5 Å². The smallest absolute Gasteiger partial charge is 0.233 e. The highest BCUT2D eigenvalue weighted by Gasteiger charge is 2.48. The molecule has 1 amide bonds. The van der Waals surface area contributed by atoms with E-state index in [-0.39, 0.29) is 5.91 Å². The fourth-order valence-electron chi connectivity index (χ4n) is 4.77. The lowest BCUT2D eigenvalue weighted by atomic mass is 9.63. The standard InChI is InChI=1S/C26H26ClN3O4/c1-32-22-15-17(21-8-9-23(33-2)29-28-21)14-18-16-30(12-13-34-24(18)22)25(31)26(10-3-11-26)19-4-6-20(27)7-5-19/h4-9,14-15H,3,10-13,16H2,1-2H3. The van der Waals surface area contributed by atoms with Crippen LogP contribution in [0.5, 0.6) is 17.4 Å². The van der Waals surface area contributed by atoms with Gasteiger partial charge in [0.15, 0.2) is 11.5 Å². The second-order valence-corrected chi connectivity index (χ2v) is 9.08. The highest BCUT2D eigenvalue weighted by Crippen LogP contribution is 2.46. The number of methoxy groups -OCH3 is 2. The van der Waals surface area contributed by atoms with Gasteiger partial charge in [-0.05, 0) is 48.7 Å². The second-order valence-electron chi connectivity index (χ2n) is 8.65. The number of nitrogens with zero attached hydrogens (tertiary/aromatic N) is 3. The van der Waals surface area contributed by atoms with Crippen LogP contribution in [0.2, 0.25) is 5.02 Å². The molecule has 7 nitrogen and oxygen atoms in total. The Morgan fingerprint density at radius 2 is 1.85 bits per heavy atom. The molecule has 8 heteroatoms. The summed E-state index contributed by atoms with van der Waals surface area (Å²) >= 11 is 6.10. The Morgan fingerprint density at radius 1 is 1.06 bits per heavy atom. The van der Waals surface area contributed by atoms with E-state index >= 15 is 0 Å². The zero-order chi connectivity index (χ0) is 23.7. The van der Waals surface area contributed by atoms with E-state index in [4.69, 9.17) is 25.8 Å².